The van der Waals surface area contributed by atoms with Gasteiger partial charge in [-0.1, -0.05) is 0 Å². The van der Waals surface area contributed by atoms with Gasteiger partial charge in [0.2, 0.25) is 0 Å². The van der Waals surface area contributed by atoms with E-state index < -0.39 is 0 Å². The van der Waals surface area contributed by atoms with Crippen LogP contribution < -0.4 is 10.5 Å². The molecule has 0 heterocycles. The molecule has 0 fully saturated rings. The molecule has 0 saturated carbocycles. The van der Waals surface area contributed by atoms with E-state index in [0.29, 0.717) is 23.6 Å². The van der Waals surface area contributed by atoms with E-state index in [-0.39, 0.29) is 5.97 Å². The third-order valence-corrected chi connectivity index (χ3v) is 2.26. The maximum absolute atomic E-state index is 11.4. The Labute approximate surface area is 101 Å². The van der Waals surface area contributed by atoms with Crippen molar-refractivity contribution in [3.8, 4) is 5.75 Å². The smallest absolute Gasteiger partial charge is 0.333 e. The standard InChI is InChI=1S/C13H17NO3/c1-4-17-13(15)9(2)7-10-5-6-11(16-3)8-12(10)14/h5-8H,4,14H2,1-3H3/b9-7+. The van der Waals surface area contributed by atoms with E-state index in [4.69, 9.17) is 15.2 Å². The van der Waals surface area contributed by atoms with Crippen LogP contribution >= 0.6 is 0 Å². The molecule has 4 heteroatoms. The van der Waals surface area contributed by atoms with Crippen LogP contribution in [-0.2, 0) is 9.53 Å². The van der Waals surface area contributed by atoms with E-state index in [1.165, 1.54) is 0 Å². The molecule has 1 rings (SSSR count). The number of anilines is 1. The molecule has 0 aliphatic heterocycles. The van der Waals surface area contributed by atoms with Crippen LogP contribution in [0.4, 0.5) is 5.69 Å². The summed E-state index contributed by atoms with van der Waals surface area (Å²) < 4.78 is 9.94. The Morgan fingerprint density at radius 3 is 2.71 bits per heavy atom. The lowest BCUT2D eigenvalue weighted by atomic mass is 10.1. The first-order valence-corrected chi connectivity index (χ1v) is 5.37. The number of esters is 1. The van der Waals surface area contributed by atoms with Crippen molar-refractivity contribution in [2.45, 2.75) is 13.8 Å². The van der Waals surface area contributed by atoms with Crippen molar-refractivity contribution in [2.24, 2.45) is 0 Å². The molecule has 0 aromatic heterocycles. The highest BCUT2D eigenvalue weighted by Crippen LogP contribution is 2.21. The maximum Gasteiger partial charge on any atom is 0.333 e. The normalized spacial score (nSPS) is 11.1. The van der Waals surface area contributed by atoms with E-state index in [9.17, 15) is 4.79 Å². The van der Waals surface area contributed by atoms with Gasteiger partial charge >= 0.3 is 5.97 Å². The molecule has 0 saturated heterocycles. The molecule has 0 amide bonds. The van der Waals surface area contributed by atoms with E-state index in [0.717, 1.165) is 5.56 Å². The van der Waals surface area contributed by atoms with Crippen LogP contribution in [0.1, 0.15) is 19.4 Å². The number of hydrogen-bond acceptors (Lipinski definition) is 4. The van der Waals surface area contributed by atoms with E-state index >= 15 is 0 Å². The summed E-state index contributed by atoms with van der Waals surface area (Å²) in [5.74, 6) is 0.358. The number of carbonyl (C=O) groups excluding carboxylic acids is 1. The topological polar surface area (TPSA) is 61.5 Å². The van der Waals surface area contributed by atoms with E-state index in [1.54, 1.807) is 45.2 Å². The summed E-state index contributed by atoms with van der Waals surface area (Å²) in [7, 11) is 1.58. The molecule has 92 valence electrons. The fourth-order valence-electron chi connectivity index (χ4n) is 1.35. The second kappa shape index (κ2) is 5.94. The summed E-state index contributed by atoms with van der Waals surface area (Å²) >= 11 is 0. The molecule has 0 bridgehead atoms. The number of ether oxygens (including phenoxy) is 2. The summed E-state index contributed by atoms with van der Waals surface area (Å²) in [6.07, 6.45) is 1.70. The zero-order valence-electron chi connectivity index (χ0n) is 10.3. The number of rotatable bonds is 4. The zero-order chi connectivity index (χ0) is 12.8. The molecule has 0 radical (unpaired) electrons. The second-order valence-corrected chi connectivity index (χ2v) is 3.54. The highest BCUT2D eigenvalue weighted by atomic mass is 16.5. The third kappa shape index (κ3) is 3.52. The summed E-state index contributed by atoms with van der Waals surface area (Å²) in [5, 5.41) is 0. The fraction of sp³-hybridized carbons (Fsp3) is 0.308. The average Bonchev–Trinajstić information content (AvgIpc) is 2.31. The van der Waals surface area contributed by atoms with E-state index in [2.05, 4.69) is 0 Å². The predicted octanol–water partition coefficient (Wildman–Crippen LogP) is 2.24. The van der Waals surface area contributed by atoms with Crippen molar-refractivity contribution < 1.29 is 14.3 Å². The summed E-state index contributed by atoms with van der Waals surface area (Å²) in [6.45, 7) is 3.83. The fourth-order valence-corrected chi connectivity index (χ4v) is 1.35. The Morgan fingerprint density at radius 2 is 2.18 bits per heavy atom. The van der Waals surface area contributed by atoms with Crippen LogP contribution in [0.15, 0.2) is 23.8 Å². The van der Waals surface area contributed by atoms with Crippen molar-refractivity contribution in [3.63, 3.8) is 0 Å². The monoisotopic (exact) mass is 235 g/mol. The molecular weight excluding hydrogens is 218 g/mol. The molecule has 4 nitrogen and oxygen atoms in total. The molecule has 0 spiro atoms. The average molecular weight is 235 g/mol. The quantitative estimate of drug-likeness (QED) is 0.494. The molecule has 2 N–H and O–H groups in total. The summed E-state index contributed by atoms with van der Waals surface area (Å²) in [5.41, 5.74) is 7.70. The van der Waals surface area contributed by atoms with Crippen LogP contribution in [0.25, 0.3) is 6.08 Å². The molecule has 0 aliphatic rings. The lowest BCUT2D eigenvalue weighted by molar-refractivity contribution is -0.138. The molecule has 1 aromatic carbocycles. The first-order valence-electron chi connectivity index (χ1n) is 5.37. The van der Waals surface area contributed by atoms with Crippen molar-refractivity contribution in [1.29, 1.82) is 0 Å². The number of hydrogen-bond donors (Lipinski definition) is 1. The van der Waals surface area contributed by atoms with Crippen molar-refractivity contribution in [3.05, 3.63) is 29.3 Å². The van der Waals surface area contributed by atoms with Gasteiger partial charge in [-0.15, -0.1) is 0 Å². The van der Waals surface area contributed by atoms with Gasteiger partial charge in [0.1, 0.15) is 5.75 Å². The first kappa shape index (κ1) is 13.1. The number of nitrogen functional groups attached to an aromatic ring is 1. The minimum Gasteiger partial charge on any atom is -0.497 e. The lowest BCUT2D eigenvalue weighted by Crippen LogP contribution is -2.05. The highest BCUT2D eigenvalue weighted by molar-refractivity contribution is 5.94. The Morgan fingerprint density at radius 1 is 1.47 bits per heavy atom. The minimum atomic E-state index is -0.331. The number of carbonyl (C=O) groups is 1. The van der Waals surface area contributed by atoms with Crippen LogP contribution in [0.5, 0.6) is 5.75 Å². The van der Waals surface area contributed by atoms with Gasteiger partial charge in [0.05, 0.1) is 13.7 Å². The van der Waals surface area contributed by atoms with Crippen LogP contribution in [0.3, 0.4) is 0 Å². The maximum atomic E-state index is 11.4. The molecule has 0 unspecified atom stereocenters. The second-order valence-electron chi connectivity index (χ2n) is 3.54. The van der Waals surface area contributed by atoms with Gasteiger partial charge in [0.15, 0.2) is 0 Å². The van der Waals surface area contributed by atoms with Gasteiger partial charge in [0, 0.05) is 17.3 Å². The molecule has 17 heavy (non-hydrogen) atoms. The largest absolute Gasteiger partial charge is 0.497 e. The Balaban J connectivity index is 2.94. The van der Waals surface area contributed by atoms with E-state index in [1.807, 2.05) is 0 Å². The van der Waals surface area contributed by atoms with Crippen molar-refractivity contribution >= 4 is 17.7 Å². The van der Waals surface area contributed by atoms with Crippen LogP contribution in [0.2, 0.25) is 0 Å². The molecule has 0 atom stereocenters. The van der Waals surface area contributed by atoms with Gasteiger partial charge in [-0.05, 0) is 37.6 Å². The Hall–Kier alpha value is -1.97. The zero-order valence-corrected chi connectivity index (χ0v) is 10.3. The van der Waals surface area contributed by atoms with Gasteiger partial charge < -0.3 is 15.2 Å². The SMILES string of the molecule is CCOC(=O)/C(C)=C/c1ccc(OC)cc1N. The number of nitrogens with two attached hydrogens (primary N) is 1. The van der Waals surface area contributed by atoms with Gasteiger partial charge in [-0.25, -0.2) is 4.79 Å². The number of benzene rings is 1. The van der Waals surface area contributed by atoms with Gasteiger partial charge in [-0.3, -0.25) is 0 Å². The third-order valence-electron chi connectivity index (χ3n) is 2.26. The molecular formula is C13H17NO3. The molecule has 1 aromatic rings. The Bertz CT molecular complexity index is 438. The summed E-state index contributed by atoms with van der Waals surface area (Å²) in [6, 6.07) is 5.31. The van der Waals surface area contributed by atoms with Crippen LogP contribution in [0, 0.1) is 0 Å². The van der Waals surface area contributed by atoms with Crippen molar-refractivity contribution in [2.75, 3.05) is 19.5 Å². The Kier molecular flexibility index (Phi) is 4.57. The van der Waals surface area contributed by atoms with Crippen LogP contribution in [-0.4, -0.2) is 19.7 Å². The predicted molar refractivity (Wildman–Crippen MR) is 67.7 cm³/mol. The molecule has 0 aliphatic carbocycles. The first-order chi connectivity index (χ1) is 8.08. The highest BCUT2D eigenvalue weighted by Gasteiger charge is 2.06. The minimum absolute atomic E-state index is 0.331. The van der Waals surface area contributed by atoms with Gasteiger partial charge in [0.25, 0.3) is 0 Å². The lowest BCUT2D eigenvalue weighted by Gasteiger charge is -2.06. The summed E-state index contributed by atoms with van der Waals surface area (Å²) in [4.78, 5) is 11.4. The van der Waals surface area contributed by atoms with Crippen molar-refractivity contribution in [1.82, 2.24) is 0 Å². The van der Waals surface area contributed by atoms with Gasteiger partial charge in [-0.2, -0.15) is 0 Å². The number of methoxy groups -OCH3 is 1.